The molecule has 0 unspecified atom stereocenters. The van der Waals surface area contributed by atoms with Gasteiger partial charge in [0.1, 0.15) is 6.10 Å². The Morgan fingerprint density at radius 2 is 2.22 bits per heavy atom. The van der Waals surface area contributed by atoms with E-state index in [1.165, 1.54) is 6.07 Å². The van der Waals surface area contributed by atoms with Gasteiger partial charge in [0.25, 0.3) is 11.8 Å². The van der Waals surface area contributed by atoms with E-state index in [9.17, 15) is 4.79 Å². The van der Waals surface area contributed by atoms with Gasteiger partial charge in [-0.15, -0.1) is 0 Å². The zero-order valence-corrected chi connectivity index (χ0v) is 13.5. The summed E-state index contributed by atoms with van der Waals surface area (Å²) in [5.74, 6) is 0.272. The lowest BCUT2D eigenvalue weighted by atomic mass is 10.1. The molecular formula is C16H17ClN2O4. The molecule has 0 radical (unpaired) electrons. The number of aromatic nitrogens is 1. The lowest BCUT2D eigenvalue weighted by Gasteiger charge is -2.32. The summed E-state index contributed by atoms with van der Waals surface area (Å²) in [4.78, 5) is 14.2. The van der Waals surface area contributed by atoms with Gasteiger partial charge in [0.05, 0.1) is 25.8 Å². The standard InChI is InChI=1S/C16H17ClN2O4/c1-2-21-15-9-13(23-18-15)16(20)19-7-8-22-14(10-19)11-3-5-12(17)6-4-11/h3-6,9,14H,2,7-8,10H2,1H3/t14-/m0/s1. The van der Waals surface area contributed by atoms with Crippen LogP contribution in [0.5, 0.6) is 5.88 Å². The predicted molar refractivity (Wildman–Crippen MR) is 83.7 cm³/mol. The number of rotatable bonds is 4. The molecule has 1 amide bonds. The van der Waals surface area contributed by atoms with Crippen LogP contribution in [0.4, 0.5) is 0 Å². The Bertz CT molecular complexity index is 671. The summed E-state index contributed by atoms with van der Waals surface area (Å²) in [5, 5.41) is 4.39. The zero-order valence-electron chi connectivity index (χ0n) is 12.7. The highest BCUT2D eigenvalue weighted by molar-refractivity contribution is 6.30. The van der Waals surface area contributed by atoms with E-state index in [0.29, 0.717) is 37.2 Å². The smallest absolute Gasteiger partial charge is 0.292 e. The van der Waals surface area contributed by atoms with Crippen LogP contribution in [0.2, 0.25) is 5.02 Å². The molecule has 1 aromatic heterocycles. The molecule has 2 aromatic rings. The lowest BCUT2D eigenvalue weighted by molar-refractivity contribution is -0.0240. The fraction of sp³-hybridized carbons (Fsp3) is 0.375. The second-order valence-corrected chi connectivity index (χ2v) is 5.56. The van der Waals surface area contributed by atoms with E-state index in [1.54, 1.807) is 4.90 Å². The van der Waals surface area contributed by atoms with Crippen LogP contribution >= 0.6 is 11.6 Å². The third-order valence-electron chi connectivity index (χ3n) is 3.59. The quantitative estimate of drug-likeness (QED) is 0.859. The maximum absolute atomic E-state index is 12.5. The molecule has 1 aliphatic heterocycles. The molecule has 1 fully saturated rings. The number of hydrogen-bond donors (Lipinski definition) is 0. The Kier molecular flexibility index (Phi) is 4.83. The molecule has 1 aromatic carbocycles. The first-order valence-electron chi connectivity index (χ1n) is 7.43. The fourth-order valence-electron chi connectivity index (χ4n) is 2.44. The highest BCUT2D eigenvalue weighted by Crippen LogP contribution is 2.25. The van der Waals surface area contributed by atoms with Gasteiger partial charge in [-0.3, -0.25) is 4.79 Å². The Balaban J connectivity index is 1.69. The van der Waals surface area contributed by atoms with Crippen LogP contribution < -0.4 is 4.74 Å². The first kappa shape index (κ1) is 15.8. The monoisotopic (exact) mass is 336 g/mol. The van der Waals surface area contributed by atoms with E-state index in [4.69, 9.17) is 25.6 Å². The maximum atomic E-state index is 12.5. The van der Waals surface area contributed by atoms with Crippen LogP contribution in [0.3, 0.4) is 0 Å². The molecule has 2 heterocycles. The third-order valence-corrected chi connectivity index (χ3v) is 3.84. The van der Waals surface area contributed by atoms with Crippen LogP contribution in [0.1, 0.15) is 29.1 Å². The van der Waals surface area contributed by atoms with Gasteiger partial charge in [-0.2, -0.15) is 0 Å². The van der Waals surface area contributed by atoms with E-state index in [-0.39, 0.29) is 17.8 Å². The van der Waals surface area contributed by atoms with Crippen LogP contribution in [0.15, 0.2) is 34.9 Å². The first-order valence-corrected chi connectivity index (χ1v) is 7.81. The van der Waals surface area contributed by atoms with Crippen molar-refractivity contribution in [3.8, 4) is 5.88 Å². The summed E-state index contributed by atoms with van der Waals surface area (Å²) in [5.41, 5.74) is 0.986. The van der Waals surface area contributed by atoms with Gasteiger partial charge in [-0.25, -0.2) is 0 Å². The van der Waals surface area contributed by atoms with Gasteiger partial charge in [-0.05, 0) is 29.8 Å². The Morgan fingerprint density at radius 1 is 1.43 bits per heavy atom. The number of amides is 1. The van der Waals surface area contributed by atoms with Crippen molar-refractivity contribution < 1.29 is 18.8 Å². The normalized spacial score (nSPS) is 18.0. The molecular weight excluding hydrogens is 320 g/mol. The van der Waals surface area contributed by atoms with Crippen LogP contribution in [0, 0.1) is 0 Å². The van der Waals surface area contributed by atoms with Gasteiger partial charge in [-0.1, -0.05) is 23.7 Å². The van der Waals surface area contributed by atoms with Gasteiger partial charge < -0.3 is 18.9 Å². The molecule has 0 spiro atoms. The maximum Gasteiger partial charge on any atom is 0.292 e. The number of hydrogen-bond acceptors (Lipinski definition) is 5. The third kappa shape index (κ3) is 3.65. The van der Waals surface area contributed by atoms with E-state index in [0.717, 1.165) is 5.56 Å². The molecule has 0 bridgehead atoms. The number of ether oxygens (including phenoxy) is 2. The van der Waals surface area contributed by atoms with Crippen molar-refractivity contribution in [2.45, 2.75) is 13.0 Å². The summed E-state index contributed by atoms with van der Waals surface area (Å²) in [6.07, 6.45) is -0.181. The van der Waals surface area contributed by atoms with Crippen molar-refractivity contribution in [1.29, 1.82) is 0 Å². The van der Waals surface area contributed by atoms with Crippen molar-refractivity contribution in [2.24, 2.45) is 0 Å². The average Bonchev–Trinajstić information content (AvgIpc) is 3.04. The van der Waals surface area contributed by atoms with E-state index >= 15 is 0 Å². The average molecular weight is 337 g/mol. The molecule has 0 saturated carbocycles. The van der Waals surface area contributed by atoms with Gasteiger partial charge >= 0.3 is 0 Å². The number of halogens is 1. The Hall–Kier alpha value is -2.05. The fourth-order valence-corrected chi connectivity index (χ4v) is 2.57. The number of carbonyl (C=O) groups excluding carboxylic acids is 1. The molecule has 1 atom stereocenters. The molecule has 1 saturated heterocycles. The summed E-state index contributed by atoms with van der Waals surface area (Å²) in [6, 6.07) is 8.95. The minimum Gasteiger partial charge on any atom is -0.476 e. The summed E-state index contributed by atoms with van der Waals surface area (Å²) in [7, 11) is 0. The molecule has 0 N–H and O–H groups in total. The van der Waals surface area contributed by atoms with Gasteiger partial charge in [0.2, 0.25) is 5.76 Å². The first-order chi connectivity index (χ1) is 11.2. The minimum atomic E-state index is -0.217. The SMILES string of the molecule is CCOc1cc(C(=O)N2CCO[C@H](c3ccc(Cl)cc3)C2)on1. The van der Waals surface area contributed by atoms with E-state index in [1.807, 2.05) is 31.2 Å². The largest absolute Gasteiger partial charge is 0.476 e. The van der Waals surface area contributed by atoms with Crippen molar-refractivity contribution >= 4 is 17.5 Å². The molecule has 3 rings (SSSR count). The van der Waals surface area contributed by atoms with Crippen molar-refractivity contribution in [3.05, 3.63) is 46.7 Å². The zero-order chi connectivity index (χ0) is 16.2. The summed E-state index contributed by atoms with van der Waals surface area (Å²) in [6.45, 7) is 3.73. The van der Waals surface area contributed by atoms with E-state index < -0.39 is 0 Å². The van der Waals surface area contributed by atoms with Crippen molar-refractivity contribution in [3.63, 3.8) is 0 Å². The number of carbonyl (C=O) groups is 1. The second-order valence-electron chi connectivity index (χ2n) is 5.12. The number of nitrogens with zero attached hydrogens (tertiary/aromatic N) is 2. The van der Waals surface area contributed by atoms with Crippen LogP contribution in [0.25, 0.3) is 0 Å². The second kappa shape index (κ2) is 7.02. The molecule has 6 nitrogen and oxygen atoms in total. The Labute approximate surface area is 138 Å². The lowest BCUT2D eigenvalue weighted by Crippen LogP contribution is -2.42. The molecule has 0 aliphatic carbocycles. The van der Waals surface area contributed by atoms with Crippen LogP contribution in [-0.2, 0) is 4.74 Å². The van der Waals surface area contributed by atoms with E-state index in [2.05, 4.69) is 5.16 Å². The summed E-state index contributed by atoms with van der Waals surface area (Å²) >= 11 is 5.90. The van der Waals surface area contributed by atoms with Crippen LogP contribution in [-0.4, -0.2) is 42.3 Å². The van der Waals surface area contributed by atoms with Crippen molar-refractivity contribution in [2.75, 3.05) is 26.3 Å². The highest BCUT2D eigenvalue weighted by atomic mass is 35.5. The molecule has 23 heavy (non-hydrogen) atoms. The summed E-state index contributed by atoms with van der Waals surface area (Å²) < 4.78 is 16.0. The van der Waals surface area contributed by atoms with Crippen molar-refractivity contribution in [1.82, 2.24) is 10.1 Å². The molecule has 1 aliphatic rings. The Morgan fingerprint density at radius 3 is 2.96 bits per heavy atom. The highest BCUT2D eigenvalue weighted by Gasteiger charge is 2.28. The predicted octanol–water partition coefficient (Wildman–Crippen LogP) is 2.94. The number of morpholine rings is 1. The minimum absolute atomic E-state index is 0.171. The number of benzene rings is 1. The topological polar surface area (TPSA) is 64.8 Å². The van der Waals surface area contributed by atoms with Gasteiger partial charge in [0, 0.05) is 11.6 Å². The molecule has 122 valence electrons. The molecule has 7 heteroatoms. The van der Waals surface area contributed by atoms with Gasteiger partial charge in [0.15, 0.2) is 0 Å².